The van der Waals surface area contributed by atoms with E-state index in [0.29, 0.717) is 25.1 Å². The van der Waals surface area contributed by atoms with Crippen molar-refractivity contribution in [3.05, 3.63) is 47.8 Å². The first kappa shape index (κ1) is 20.5. The van der Waals surface area contributed by atoms with Gasteiger partial charge in [-0.1, -0.05) is 0 Å². The van der Waals surface area contributed by atoms with Crippen molar-refractivity contribution in [2.45, 2.75) is 45.2 Å². The third-order valence-corrected chi connectivity index (χ3v) is 5.97. The topological polar surface area (TPSA) is 83.4 Å². The van der Waals surface area contributed by atoms with E-state index >= 15 is 0 Å². The van der Waals surface area contributed by atoms with Crippen LogP contribution in [0.5, 0.6) is 0 Å². The van der Waals surface area contributed by atoms with Crippen molar-refractivity contribution >= 4 is 11.8 Å². The average Bonchev–Trinajstić information content (AvgIpc) is 3.42. The number of hydrogen-bond donors (Lipinski definition) is 1. The van der Waals surface area contributed by atoms with Gasteiger partial charge in [0.1, 0.15) is 0 Å². The van der Waals surface area contributed by atoms with Gasteiger partial charge in [-0.25, -0.2) is 4.98 Å². The van der Waals surface area contributed by atoms with Crippen molar-refractivity contribution in [2.75, 3.05) is 32.7 Å². The molecule has 2 aliphatic rings. The Hall–Kier alpha value is -2.74. The van der Waals surface area contributed by atoms with Crippen LogP contribution in [0.15, 0.2) is 30.9 Å². The van der Waals surface area contributed by atoms with Crippen LogP contribution in [0.4, 0.5) is 0 Å². The number of amides is 2. The van der Waals surface area contributed by atoms with Crippen LogP contribution in [0.3, 0.4) is 0 Å². The number of fused-ring (bicyclic) bond motifs is 1. The molecule has 2 aromatic rings. The van der Waals surface area contributed by atoms with E-state index < -0.39 is 6.04 Å². The highest BCUT2D eigenvalue weighted by atomic mass is 16.2. The fraction of sp³-hybridized carbons (Fsp3) is 0.545. The van der Waals surface area contributed by atoms with Gasteiger partial charge >= 0.3 is 0 Å². The molecule has 2 aliphatic heterocycles. The van der Waals surface area contributed by atoms with E-state index in [1.807, 2.05) is 4.57 Å². The Kier molecular flexibility index (Phi) is 6.13. The van der Waals surface area contributed by atoms with Crippen molar-refractivity contribution in [1.82, 2.24) is 29.7 Å². The Bertz CT molecular complexity index is 888. The molecule has 8 heteroatoms. The summed E-state index contributed by atoms with van der Waals surface area (Å²) in [6, 6.07) is 2.94. The molecule has 1 saturated heterocycles. The first-order valence-electron chi connectivity index (χ1n) is 10.8. The number of rotatable bonds is 6. The van der Waals surface area contributed by atoms with E-state index in [1.165, 1.54) is 12.8 Å². The molecule has 30 heavy (non-hydrogen) atoms. The van der Waals surface area contributed by atoms with Crippen LogP contribution in [0, 0.1) is 0 Å². The Morgan fingerprint density at radius 1 is 1.23 bits per heavy atom. The van der Waals surface area contributed by atoms with E-state index in [2.05, 4.69) is 34.0 Å². The molecule has 1 N–H and O–H groups in total. The van der Waals surface area contributed by atoms with Crippen LogP contribution in [-0.4, -0.2) is 68.9 Å². The molecule has 4 rings (SSSR count). The molecule has 2 aromatic heterocycles. The first-order chi connectivity index (χ1) is 14.6. The summed E-state index contributed by atoms with van der Waals surface area (Å²) in [6.07, 6.45) is 8.07. The SMILES string of the molecule is CC(C)n1cnc2c1[C@@H](C(=O)NCCN1CCCC1)N(C(=O)c1cccnc1)CC2. The molecule has 1 atom stereocenters. The maximum atomic E-state index is 13.4. The minimum Gasteiger partial charge on any atom is -0.353 e. The number of nitrogens with one attached hydrogen (secondary N) is 1. The van der Waals surface area contributed by atoms with Crippen LogP contribution in [-0.2, 0) is 11.2 Å². The van der Waals surface area contributed by atoms with Crippen LogP contribution < -0.4 is 5.32 Å². The summed E-state index contributed by atoms with van der Waals surface area (Å²) in [5, 5.41) is 3.08. The molecule has 0 radical (unpaired) electrons. The van der Waals surface area contributed by atoms with E-state index in [0.717, 1.165) is 31.0 Å². The molecule has 160 valence electrons. The highest BCUT2D eigenvalue weighted by Crippen LogP contribution is 2.32. The lowest BCUT2D eigenvalue weighted by Crippen LogP contribution is -2.49. The molecular formula is C22H30N6O2. The molecule has 4 heterocycles. The quantitative estimate of drug-likeness (QED) is 0.785. The molecule has 0 spiro atoms. The van der Waals surface area contributed by atoms with Crippen LogP contribution in [0.2, 0.25) is 0 Å². The van der Waals surface area contributed by atoms with Crippen molar-refractivity contribution < 1.29 is 9.59 Å². The Morgan fingerprint density at radius 2 is 2.03 bits per heavy atom. The van der Waals surface area contributed by atoms with Crippen molar-refractivity contribution in [1.29, 1.82) is 0 Å². The minimum absolute atomic E-state index is 0.144. The lowest BCUT2D eigenvalue weighted by molar-refractivity contribution is -0.126. The number of carbonyl (C=O) groups is 2. The monoisotopic (exact) mass is 410 g/mol. The number of aromatic nitrogens is 3. The summed E-state index contributed by atoms with van der Waals surface area (Å²) in [5.41, 5.74) is 2.22. The molecule has 1 fully saturated rings. The summed E-state index contributed by atoms with van der Waals surface area (Å²) in [7, 11) is 0. The zero-order valence-corrected chi connectivity index (χ0v) is 17.8. The predicted molar refractivity (Wildman–Crippen MR) is 113 cm³/mol. The van der Waals surface area contributed by atoms with Gasteiger partial charge < -0.3 is 19.7 Å². The second-order valence-electron chi connectivity index (χ2n) is 8.31. The van der Waals surface area contributed by atoms with Gasteiger partial charge in [0.25, 0.3) is 5.91 Å². The standard InChI is InChI=1S/C22H30N6O2/c1-16(2)28-15-25-18-7-12-27(22(30)17-6-5-8-23-14-17)20(19(18)28)21(29)24-9-13-26-10-3-4-11-26/h5-6,8,14-16,20H,3-4,7,9-13H2,1-2H3,(H,24,29)/t20-/m0/s1. The molecule has 0 saturated carbocycles. The van der Waals surface area contributed by atoms with Gasteiger partial charge in [-0.3, -0.25) is 14.6 Å². The van der Waals surface area contributed by atoms with Gasteiger partial charge in [-0.15, -0.1) is 0 Å². The van der Waals surface area contributed by atoms with E-state index in [-0.39, 0.29) is 17.9 Å². The van der Waals surface area contributed by atoms with E-state index in [9.17, 15) is 9.59 Å². The minimum atomic E-state index is -0.690. The average molecular weight is 411 g/mol. The van der Waals surface area contributed by atoms with Gasteiger partial charge in [0, 0.05) is 44.5 Å². The van der Waals surface area contributed by atoms with Crippen LogP contribution in [0.25, 0.3) is 0 Å². The second-order valence-corrected chi connectivity index (χ2v) is 8.31. The maximum Gasteiger partial charge on any atom is 0.256 e. The smallest absolute Gasteiger partial charge is 0.256 e. The number of nitrogens with zero attached hydrogens (tertiary/aromatic N) is 5. The van der Waals surface area contributed by atoms with Gasteiger partial charge in [-0.05, 0) is 51.9 Å². The largest absolute Gasteiger partial charge is 0.353 e. The van der Waals surface area contributed by atoms with Gasteiger partial charge in [0.05, 0.1) is 23.3 Å². The van der Waals surface area contributed by atoms with Crippen molar-refractivity contribution in [3.8, 4) is 0 Å². The molecule has 0 unspecified atom stereocenters. The molecular weight excluding hydrogens is 380 g/mol. The Labute approximate surface area is 177 Å². The van der Waals surface area contributed by atoms with Crippen molar-refractivity contribution in [3.63, 3.8) is 0 Å². The second kappa shape index (κ2) is 8.95. The van der Waals surface area contributed by atoms with E-state index in [1.54, 1.807) is 35.8 Å². The normalized spacial score (nSPS) is 19.2. The summed E-state index contributed by atoms with van der Waals surface area (Å²) in [5.74, 6) is -0.320. The molecule has 0 aliphatic carbocycles. The van der Waals surface area contributed by atoms with Crippen LogP contribution in [0.1, 0.15) is 60.5 Å². The van der Waals surface area contributed by atoms with Gasteiger partial charge in [-0.2, -0.15) is 0 Å². The molecule has 2 amide bonds. The van der Waals surface area contributed by atoms with E-state index in [4.69, 9.17) is 0 Å². The highest BCUT2D eigenvalue weighted by Gasteiger charge is 2.39. The fourth-order valence-corrected chi connectivity index (χ4v) is 4.40. The third-order valence-electron chi connectivity index (χ3n) is 5.97. The maximum absolute atomic E-state index is 13.4. The zero-order valence-electron chi connectivity index (χ0n) is 17.8. The Morgan fingerprint density at radius 3 is 2.73 bits per heavy atom. The van der Waals surface area contributed by atoms with Gasteiger partial charge in [0.15, 0.2) is 6.04 Å². The molecule has 8 nitrogen and oxygen atoms in total. The van der Waals surface area contributed by atoms with Gasteiger partial charge in [0.2, 0.25) is 5.91 Å². The summed E-state index contributed by atoms with van der Waals surface area (Å²) in [4.78, 5) is 39.3. The third kappa shape index (κ3) is 4.09. The number of carbonyl (C=O) groups excluding carboxylic acids is 2. The first-order valence-corrected chi connectivity index (χ1v) is 10.8. The molecule has 0 bridgehead atoms. The Balaban J connectivity index is 1.59. The number of pyridine rings is 1. The van der Waals surface area contributed by atoms with Crippen LogP contribution >= 0.6 is 0 Å². The highest BCUT2D eigenvalue weighted by molar-refractivity contribution is 5.98. The lowest BCUT2D eigenvalue weighted by Gasteiger charge is -2.36. The lowest BCUT2D eigenvalue weighted by atomic mass is 9.99. The number of likely N-dealkylation sites (tertiary alicyclic amines) is 1. The number of imidazole rings is 1. The van der Waals surface area contributed by atoms with Crippen molar-refractivity contribution in [2.24, 2.45) is 0 Å². The summed E-state index contributed by atoms with van der Waals surface area (Å²) < 4.78 is 2.02. The summed E-state index contributed by atoms with van der Waals surface area (Å²) in [6.45, 7) is 8.18. The fourth-order valence-electron chi connectivity index (χ4n) is 4.40. The molecule has 0 aromatic carbocycles. The predicted octanol–water partition coefficient (Wildman–Crippen LogP) is 1.81. The number of hydrogen-bond acceptors (Lipinski definition) is 5. The summed E-state index contributed by atoms with van der Waals surface area (Å²) >= 11 is 0. The zero-order chi connectivity index (χ0) is 21.1.